The fourth-order valence-electron chi connectivity index (χ4n) is 3.35. The van der Waals surface area contributed by atoms with E-state index in [0.717, 1.165) is 16.8 Å². The summed E-state index contributed by atoms with van der Waals surface area (Å²) in [5.41, 5.74) is 9.14. The van der Waals surface area contributed by atoms with E-state index in [9.17, 15) is 9.59 Å². The molecular weight excluding hydrogens is 372 g/mol. The summed E-state index contributed by atoms with van der Waals surface area (Å²) in [7, 11) is 0. The lowest BCUT2D eigenvalue weighted by molar-refractivity contribution is -0.133. The van der Waals surface area contributed by atoms with Crippen LogP contribution in [0.3, 0.4) is 0 Å². The average molecular weight is 392 g/mol. The predicted octanol–water partition coefficient (Wildman–Crippen LogP) is 3.52. The number of nitrogens with two attached hydrogens (primary N) is 1. The van der Waals surface area contributed by atoms with Gasteiger partial charge in [0.2, 0.25) is 11.8 Å². The number of nitrogens with one attached hydrogen (secondary N) is 1. The van der Waals surface area contributed by atoms with Crippen molar-refractivity contribution in [2.45, 2.75) is 25.4 Å². The number of likely N-dealkylation sites (tertiary alicyclic amines) is 1. The zero-order valence-corrected chi connectivity index (χ0v) is 16.0. The van der Waals surface area contributed by atoms with Gasteiger partial charge in [-0.1, -0.05) is 42.5 Å². The fourth-order valence-corrected chi connectivity index (χ4v) is 3.93. The maximum Gasteiger partial charge on any atom is 0.247 e. The molecule has 1 saturated heterocycles. The topological polar surface area (TPSA) is 88.3 Å². The first-order valence-corrected chi connectivity index (χ1v) is 9.94. The molecular formula is C21H20N4O2S. The molecule has 0 aliphatic carbocycles. The molecule has 2 heterocycles. The third-order valence-corrected chi connectivity index (χ3v) is 5.47. The summed E-state index contributed by atoms with van der Waals surface area (Å²) in [6.07, 6.45) is 0.933. The minimum atomic E-state index is -0.453. The molecule has 0 bridgehead atoms. The second-order valence-corrected chi connectivity index (χ2v) is 7.59. The van der Waals surface area contributed by atoms with Gasteiger partial charge in [-0.05, 0) is 24.1 Å². The van der Waals surface area contributed by atoms with Gasteiger partial charge in [0.25, 0.3) is 0 Å². The highest BCUT2D eigenvalue weighted by atomic mass is 32.1. The van der Waals surface area contributed by atoms with Gasteiger partial charge >= 0.3 is 0 Å². The Bertz CT molecular complexity index is 985. The van der Waals surface area contributed by atoms with Crippen molar-refractivity contribution in [1.82, 2.24) is 9.88 Å². The molecule has 0 spiro atoms. The van der Waals surface area contributed by atoms with Crippen molar-refractivity contribution >= 4 is 34.0 Å². The zero-order valence-electron chi connectivity index (χ0n) is 15.2. The summed E-state index contributed by atoms with van der Waals surface area (Å²) in [5.74, 6) is -0.145. The average Bonchev–Trinajstić information content (AvgIpc) is 3.29. The SMILES string of the molecule is Nc1nc(-c2ccc(NC(=O)[C@H]3CCC(=O)N3Cc3ccccc3)cc2)cs1. The van der Waals surface area contributed by atoms with Gasteiger partial charge in [0.1, 0.15) is 6.04 Å². The van der Waals surface area contributed by atoms with E-state index in [-0.39, 0.29) is 11.8 Å². The lowest BCUT2D eigenvalue weighted by Crippen LogP contribution is -2.41. The van der Waals surface area contributed by atoms with Crippen LogP contribution in [0.4, 0.5) is 10.8 Å². The van der Waals surface area contributed by atoms with Crippen molar-refractivity contribution in [2.75, 3.05) is 11.1 Å². The van der Waals surface area contributed by atoms with Gasteiger partial charge in [-0.25, -0.2) is 4.98 Å². The lowest BCUT2D eigenvalue weighted by atomic mass is 10.1. The Morgan fingerprint density at radius 3 is 2.61 bits per heavy atom. The third kappa shape index (κ3) is 3.89. The molecule has 7 heteroatoms. The van der Waals surface area contributed by atoms with Crippen molar-refractivity contribution in [3.63, 3.8) is 0 Å². The van der Waals surface area contributed by atoms with Gasteiger partial charge in [0.15, 0.2) is 5.13 Å². The first kappa shape index (κ1) is 18.2. The number of hydrogen-bond acceptors (Lipinski definition) is 5. The molecule has 6 nitrogen and oxygen atoms in total. The van der Waals surface area contributed by atoms with E-state index in [1.54, 1.807) is 4.90 Å². The van der Waals surface area contributed by atoms with Gasteiger partial charge in [-0.2, -0.15) is 0 Å². The molecule has 3 aromatic rings. The molecule has 142 valence electrons. The van der Waals surface area contributed by atoms with Gasteiger partial charge < -0.3 is 16.0 Å². The number of carbonyl (C=O) groups excluding carboxylic acids is 2. The molecule has 2 amide bonds. The monoisotopic (exact) mass is 392 g/mol. The first-order valence-electron chi connectivity index (χ1n) is 9.06. The summed E-state index contributed by atoms with van der Waals surface area (Å²) in [6, 6.07) is 16.7. The number of nitrogen functional groups attached to an aromatic ring is 1. The van der Waals surface area contributed by atoms with Crippen LogP contribution >= 0.6 is 11.3 Å². The van der Waals surface area contributed by atoms with Gasteiger partial charge in [-0.3, -0.25) is 9.59 Å². The van der Waals surface area contributed by atoms with E-state index in [1.165, 1.54) is 11.3 Å². The number of benzene rings is 2. The number of thiazole rings is 1. The molecule has 1 aliphatic heterocycles. The molecule has 4 rings (SSSR count). The molecule has 3 N–H and O–H groups in total. The van der Waals surface area contributed by atoms with Crippen LogP contribution in [0.5, 0.6) is 0 Å². The van der Waals surface area contributed by atoms with E-state index >= 15 is 0 Å². The Hall–Kier alpha value is -3.19. The number of hydrogen-bond donors (Lipinski definition) is 2. The van der Waals surface area contributed by atoms with Crippen LogP contribution in [0.2, 0.25) is 0 Å². The molecule has 0 saturated carbocycles. The highest BCUT2D eigenvalue weighted by molar-refractivity contribution is 7.13. The molecule has 0 radical (unpaired) electrons. The number of rotatable bonds is 5. The third-order valence-electron chi connectivity index (χ3n) is 4.80. The van der Waals surface area contributed by atoms with Crippen molar-refractivity contribution in [1.29, 1.82) is 0 Å². The standard InChI is InChI=1S/C21H20N4O2S/c22-21-24-17(13-28-21)15-6-8-16(9-7-15)23-20(27)18-10-11-19(26)25(18)12-14-4-2-1-3-5-14/h1-9,13,18H,10-12H2,(H2,22,24)(H,23,27)/t18-/m1/s1. The Morgan fingerprint density at radius 1 is 1.18 bits per heavy atom. The predicted molar refractivity (Wildman–Crippen MR) is 111 cm³/mol. The molecule has 1 aliphatic rings. The number of amides is 2. The van der Waals surface area contributed by atoms with E-state index in [1.807, 2.05) is 60.0 Å². The summed E-state index contributed by atoms with van der Waals surface area (Å²) >= 11 is 1.39. The van der Waals surface area contributed by atoms with Crippen LogP contribution < -0.4 is 11.1 Å². The number of aromatic nitrogens is 1. The molecule has 28 heavy (non-hydrogen) atoms. The summed E-state index contributed by atoms with van der Waals surface area (Å²) in [5, 5.41) is 5.35. The van der Waals surface area contributed by atoms with Crippen LogP contribution in [0, 0.1) is 0 Å². The largest absolute Gasteiger partial charge is 0.375 e. The highest BCUT2D eigenvalue weighted by Crippen LogP contribution is 2.26. The second-order valence-electron chi connectivity index (χ2n) is 6.70. The number of nitrogens with zero attached hydrogens (tertiary/aromatic N) is 2. The lowest BCUT2D eigenvalue weighted by Gasteiger charge is -2.24. The van der Waals surface area contributed by atoms with Crippen LogP contribution in [-0.2, 0) is 16.1 Å². The molecule has 1 aromatic heterocycles. The second kappa shape index (κ2) is 7.82. The quantitative estimate of drug-likeness (QED) is 0.695. The zero-order chi connectivity index (χ0) is 19.5. The van der Waals surface area contributed by atoms with E-state index in [4.69, 9.17) is 5.73 Å². The molecule has 1 atom stereocenters. The van der Waals surface area contributed by atoms with E-state index < -0.39 is 6.04 Å². The molecule has 1 fully saturated rings. The van der Waals surface area contributed by atoms with Crippen LogP contribution in [-0.4, -0.2) is 27.7 Å². The minimum absolute atomic E-state index is 0.0143. The Morgan fingerprint density at radius 2 is 1.93 bits per heavy atom. The van der Waals surface area contributed by atoms with Crippen LogP contribution in [0.15, 0.2) is 60.0 Å². The number of anilines is 2. The Balaban J connectivity index is 1.44. The Labute approximate surface area is 167 Å². The van der Waals surface area contributed by atoms with Crippen LogP contribution in [0.25, 0.3) is 11.3 Å². The highest BCUT2D eigenvalue weighted by Gasteiger charge is 2.35. The first-order chi connectivity index (χ1) is 13.6. The van der Waals surface area contributed by atoms with Gasteiger partial charge in [-0.15, -0.1) is 11.3 Å². The van der Waals surface area contributed by atoms with Crippen LogP contribution in [0.1, 0.15) is 18.4 Å². The van der Waals surface area contributed by atoms with Gasteiger partial charge in [0, 0.05) is 29.6 Å². The maximum absolute atomic E-state index is 12.8. The molecule has 0 unspecified atom stereocenters. The molecule has 2 aromatic carbocycles. The number of carbonyl (C=O) groups is 2. The minimum Gasteiger partial charge on any atom is -0.375 e. The van der Waals surface area contributed by atoms with Crippen molar-refractivity contribution < 1.29 is 9.59 Å². The van der Waals surface area contributed by atoms with Gasteiger partial charge in [0.05, 0.1) is 5.69 Å². The normalized spacial score (nSPS) is 16.4. The smallest absolute Gasteiger partial charge is 0.247 e. The van der Waals surface area contributed by atoms with Crippen molar-refractivity contribution in [3.8, 4) is 11.3 Å². The fraction of sp³-hybridized carbons (Fsp3) is 0.190. The van der Waals surface area contributed by atoms with Crippen molar-refractivity contribution in [2.24, 2.45) is 0 Å². The van der Waals surface area contributed by atoms with E-state index in [0.29, 0.717) is 30.2 Å². The Kier molecular flexibility index (Phi) is 5.08. The summed E-state index contributed by atoms with van der Waals surface area (Å²) in [4.78, 5) is 31.0. The summed E-state index contributed by atoms with van der Waals surface area (Å²) < 4.78 is 0. The maximum atomic E-state index is 12.8. The summed E-state index contributed by atoms with van der Waals surface area (Å²) in [6.45, 7) is 0.446. The van der Waals surface area contributed by atoms with Crippen molar-refractivity contribution in [3.05, 3.63) is 65.5 Å². The van der Waals surface area contributed by atoms with E-state index in [2.05, 4.69) is 10.3 Å².